The van der Waals surface area contributed by atoms with Gasteiger partial charge in [-0.05, 0) is 48.6 Å². The molecule has 0 radical (unpaired) electrons. The lowest BCUT2D eigenvalue weighted by molar-refractivity contribution is -0.148. The van der Waals surface area contributed by atoms with Gasteiger partial charge in [0, 0.05) is 12.2 Å². The van der Waals surface area contributed by atoms with Crippen LogP contribution in [0.5, 0.6) is 0 Å². The van der Waals surface area contributed by atoms with Crippen LogP contribution in [0.3, 0.4) is 0 Å². The van der Waals surface area contributed by atoms with Crippen LogP contribution in [-0.4, -0.2) is 48.9 Å². The van der Waals surface area contributed by atoms with Crippen molar-refractivity contribution in [3.63, 3.8) is 0 Å². The Kier molecular flexibility index (Phi) is 6.84. The highest BCUT2D eigenvalue weighted by Crippen LogP contribution is 2.23. The van der Waals surface area contributed by atoms with Crippen LogP contribution in [0.4, 0.5) is 5.69 Å². The number of hydrogen-bond acceptors (Lipinski definition) is 5. The molecular weight excluding hydrogens is 382 g/mol. The summed E-state index contributed by atoms with van der Waals surface area (Å²) < 4.78 is 4.93. The summed E-state index contributed by atoms with van der Waals surface area (Å²) in [7, 11) is 1.35. The van der Waals surface area contributed by atoms with E-state index in [4.69, 9.17) is 4.74 Å². The van der Waals surface area contributed by atoms with Gasteiger partial charge in [0.15, 0.2) is 0 Å². The molecule has 1 aliphatic heterocycles. The molecule has 2 aromatic carbocycles. The second kappa shape index (κ2) is 9.54. The summed E-state index contributed by atoms with van der Waals surface area (Å²) in [5, 5.41) is 5.46. The van der Waals surface area contributed by atoms with E-state index in [1.54, 1.807) is 4.90 Å². The molecule has 0 unspecified atom stereocenters. The first-order valence-corrected chi connectivity index (χ1v) is 9.90. The minimum atomic E-state index is -0.528. The van der Waals surface area contributed by atoms with Gasteiger partial charge in [-0.2, -0.15) is 0 Å². The van der Waals surface area contributed by atoms with E-state index in [1.165, 1.54) is 7.11 Å². The second-order valence-electron chi connectivity index (χ2n) is 7.49. The number of nitrogens with one attached hydrogen (secondary N) is 2. The van der Waals surface area contributed by atoms with Crippen LogP contribution < -0.4 is 10.6 Å². The summed E-state index contributed by atoms with van der Waals surface area (Å²) in [5.74, 6) is -0.991. The number of anilines is 1. The molecule has 7 nitrogen and oxygen atoms in total. The zero-order valence-corrected chi connectivity index (χ0v) is 17.5. The van der Waals surface area contributed by atoms with E-state index < -0.39 is 6.04 Å². The van der Waals surface area contributed by atoms with Crippen molar-refractivity contribution in [2.75, 3.05) is 25.5 Å². The van der Waals surface area contributed by atoms with Crippen molar-refractivity contribution < 1.29 is 19.1 Å². The van der Waals surface area contributed by atoms with Gasteiger partial charge in [-0.1, -0.05) is 36.4 Å². The molecule has 0 aromatic heterocycles. The number of nitrogens with zero attached hydrogens (tertiary/aromatic N) is 1. The van der Waals surface area contributed by atoms with E-state index >= 15 is 0 Å². The molecule has 2 amide bonds. The number of esters is 1. The maximum atomic E-state index is 12.5. The van der Waals surface area contributed by atoms with E-state index in [2.05, 4.69) is 10.6 Å². The Bertz CT molecular complexity index is 957. The molecular formula is C23H27N3O4. The lowest BCUT2D eigenvalue weighted by Gasteiger charge is -2.34. The Hall–Kier alpha value is -3.19. The van der Waals surface area contributed by atoms with Crippen LogP contribution in [0.25, 0.3) is 0 Å². The lowest BCUT2D eigenvalue weighted by atomic mass is 9.94. The number of hydrogen-bond donors (Lipinski definition) is 2. The highest BCUT2D eigenvalue weighted by Gasteiger charge is 2.33. The summed E-state index contributed by atoms with van der Waals surface area (Å²) >= 11 is 0. The van der Waals surface area contributed by atoms with Crippen molar-refractivity contribution in [3.8, 4) is 0 Å². The molecule has 30 heavy (non-hydrogen) atoms. The number of methoxy groups -OCH3 is 1. The predicted molar refractivity (Wildman–Crippen MR) is 114 cm³/mol. The van der Waals surface area contributed by atoms with Crippen molar-refractivity contribution in [3.05, 3.63) is 64.7 Å². The molecule has 1 atom stereocenters. The van der Waals surface area contributed by atoms with Gasteiger partial charge in [-0.15, -0.1) is 0 Å². The molecule has 0 saturated heterocycles. The summed E-state index contributed by atoms with van der Waals surface area (Å²) in [6.45, 7) is 4.24. The average Bonchev–Trinajstić information content (AvgIpc) is 2.74. The van der Waals surface area contributed by atoms with Crippen molar-refractivity contribution in [2.45, 2.75) is 32.9 Å². The zero-order valence-electron chi connectivity index (χ0n) is 17.5. The van der Waals surface area contributed by atoms with Gasteiger partial charge >= 0.3 is 5.97 Å². The normalized spacial score (nSPS) is 15.8. The molecule has 0 bridgehead atoms. The van der Waals surface area contributed by atoms with Crippen LogP contribution in [0, 0.1) is 13.8 Å². The maximum absolute atomic E-state index is 12.5. The van der Waals surface area contributed by atoms with E-state index in [0.29, 0.717) is 13.0 Å². The average molecular weight is 409 g/mol. The Morgan fingerprint density at radius 2 is 1.77 bits per heavy atom. The summed E-state index contributed by atoms with van der Waals surface area (Å²) in [6, 6.07) is 13.0. The molecule has 2 aromatic rings. The molecule has 1 heterocycles. The van der Waals surface area contributed by atoms with Crippen LogP contribution in [0.2, 0.25) is 0 Å². The van der Waals surface area contributed by atoms with Gasteiger partial charge in [-0.3, -0.25) is 19.3 Å². The molecule has 0 fully saturated rings. The molecule has 0 aliphatic carbocycles. The highest BCUT2D eigenvalue weighted by atomic mass is 16.5. The zero-order chi connectivity index (χ0) is 21.7. The SMILES string of the molecule is COC(=O)[C@H]1Cc2ccccc2CN1CC(=O)NCC(=O)Nc1cccc(C)c1C. The topological polar surface area (TPSA) is 87.7 Å². The minimum Gasteiger partial charge on any atom is -0.468 e. The van der Waals surface area contributed by atoms with Gasteiger partial charge in [-0.25, -0.2) is 0 Å². The quantitative estimate of drug-likeness (QED) is 0.712. The Morgan fingerprint density at radius 3 is 2.50 bits per heavy atom. The Balaban J connectivity index is 1.58. The monoisotopic (exact) mass is 409 g/mol. The molecule has 0 spiro atoms. The predicted octanol–water partition coefficient (Wildman–Crippen LogP) is 1.96. The third-order valence-corrected chi connectivity index (χ3v) is 5.49. The number of aryl methyl sites for hydroxylation is 1. The van der Waals surface area contributed by atoms with Crippen molar-refractivity contribution >= 4 is 23.5 Å². The van der Waals surface area contributed by atoms with Crippen molar-refractivity contribution in [1.82, 2.24) is 10.2 Å². The van der Waals surface area contributed by atoms with Crippen LogP contribution >= 0.6 is 0 Å². The minimum absolute atomic E-state index is 0.00482. The lowest BCUT2D eigenvalue weighted by Crippen LogP contribution is -2.50. The van der Waals surface area contributed by atoms with Crippen molar-refractivity contribution in [2.24, 2.45) is 0 Å². The number of benzene rings is 2. The number of carbonyl (C=O) groups is 3. The maximum Gasteiger partial charge on any atom is 0.323 e. The van der Waals surface area contributed by atoms with Crippen LogP contribution in [-0.2, 0) is 32.1 Å². The summed E-state index contributed by atoms with van der Waals surface area (Å²) in [6.07, 6.45) is 0.489. The molecule has 7 heteroatoms. The van der Waals surface area contributed by atoms with E-state index in [-0.39, 0.29) is 30.9 Å². The number of rotatable bonds is 6. The fourth-order valence-electron chi connectivity index (χ4n) is 3.61. The second-order valence-corrected chi connectivity index (χ2v) is 7.49. The Morgan fingerprint density at radius 1 is 1.03 bits per heavy atom. The fourth-order valence-corrected chi connectivity index (χ4v) is 3.61. The van der Waals surface area contributed by atoms with E-state index in [0.717, 1.165) is 27.9 Å². The van der Waals surface area contributed by atoms with Gasteiger partial charge in [0.05, 0.1) is 20.2 Å². The van der Waals surface area contributed by atoms with Gasteiger partial charge in [0.2, 0.25) is 11.8 Å². The molecule has 0 saturated carbocycles. The molecule has 158 valence electrons. The molecule has 3 rings (SSSR count). The standard InChI is InChI=1S/C23H27N3O4/c1-15-7-6-10-19(16(15)2)25-21(27)12-24-22(28)14-26-13-18-9-5-4-8-17(18)11-20(26)23(29)30-3/h4-10,20H,11-14H2,1-3H3,(H,24,28)(H,25,27)/t20-/m1/s1. The first kappa shape index (κ1) is 21.5. The number of carbonyl (C=O) groups excluding carboxylic acids is 3. The van der Waals surface area contributed by atoms with E-state index in [9.17, 15) is 14.4 Å². The number of fused-ring (bicyclic) bond motifs is 1. The Labute approximate surface area is 176 Å². The molecule has 2 N–H and O–H groups in total. The van der Waals surface area contributed by atoms with E-state index in [1.807, 2.05) is 56.3 Å². The largest absolute Gasteiger partial charge is 0.468 e. The third-order valence-electron chi connectivity index (χ3n) is 5.49. The first-order valence-electron chi connectivity index (χ1n) is 9.90. The van der Waals surface area contributed by atoms with Gasteiger partial charge in [0.25, 0.3) is 0 Å². The number of amides is 2. The summed E-state index contributed by atoms with van der Waals surface area (Å²) in [5.41, 5.74) is 4.96. The van der Waals surface area contributed by atoms with Gasteiger partial charge < -0.3 is 15.4 Å². The van der Waals surface area contributed by atoms with Gasteiger partial charge in [0.1, 0.15) is 6.04 Å². The van der Waals surface area contributed by atoms with Crippen LogP contribution in [0.15, 0.2) is 42.5 Å². The molecule has 1 aliphatic rings. The summed E-state index contributed by atoms with van der Waals surface area (Å²) in [4.78, 5) is 38.7. The number of ether oxygens (including phenoxy) is 1. The van der Waals surface area contributed by atoms with Crippen molar-refractivity contribution in [1.29, 1.82) is 0 Å². The third kappa shape index (κ3) is 5.04. The van der Waals surface area contributed by atoms with Crippen LogP contribution in [0.1, 0.15) is 22.3 Å². The fraction of sp³-hybridized carbons (Fsp3) is 0.348. The smallest absolute Gasteiger partial charge is 0.323 e. The highest BCUT2D eigenvalue weighted by molar-refractivity contribution is 5.95. The first-order chi connectivity index (χ1) is 14.4.